The first-order chi connectivity index (χ1) is 8.34. The smallest absolute Gasteiger partial charge is 0.0268 e. The Balaban J connectivity index is 2.01. The first-order valence-electron chi connectivity index (χ1n) is 6.07. The third-order valence-corrected chi connectivity index (χ3v) is 3.79. The highest BCUT2D eigenvalue weighted by molar-refractivity contribution is 7.81. The van der Waals surface area contributed by atoms with E-state index in [-0.39, 0.29) is 0 Å². The third kappa shape index (κ3) is 2.11. The molecule has 1 N–H and O–H groups in total. The Labute approximate surface area is 107 Å². The molecule has 0 atom stereocenters. The quantitative estimate of drug-likeness (QED) is 0.758. The summed E-state index contributed by atoms with van der Waals surface area (Å²) in [5, 5.41) is 3.40. The van der Waals surface area contributed by atoms with E-state index in [1.54, 1.807) is 0 Å². The van der Waals surface area contributed by atoms with Gasteiger partial charge in [-0.15, -0.1) is 0 Å². The van der Waals surface area contributed by atoms with Gasteiger partial charge in [0.1, 0.15) is 0 Å². The van der Waals surface area contributed by atoms with Crippen LogP contribution in [0.5, 0.6) is 0 Å². The average molecular weight is 241 g/mol. The number of fused-ring (bicyclic) bond motifs is 1. The number of benzene rings is 1. The van der Waals surface area contributed by atoms with Gasteiger partial charge in [-0.2, -0.15) is 0 Å². The zero-order chi connectivity index (χ0) is 11.7. The highest BCUT2D eigenvalue weighted by atomic mass is 32.1. The van der Waals surface area contributed by atoms with E-state index < -0.39 is 0 Å². The maximum absolute atomic E-state index is 5.43. The molecule has 0 aromatic heterocycles. The molecule has 0 fully saturated rings. The number of thiocarbonyl (C=S) groups is 1. The van der Waals surface area contributed by atoms with Crippen molar-refractivity contribution in [3.8, 4) is 0 Å². The summed E-state index contributed by atoms with van der Waals surface area (Å²) in [6.07, 6.45) is 8.38. The Hall–Kier alpha value is -1.25. The van der Waals surface area contributed by atoms with E-state index in [1.165, 1.54) is 22.3 Å². The van der Waals surface area contributed by atoms with E-state index in [1.807, 2.05) is 0 Å². The van der Waals surface area contributed by atoms with Crippen LogP contribution in [-0.2, 0) is 13.0 Å². The van der Waals surface area contributed by atoms with Crippen molar-refractivity contribution in [1.29, 1.82) is 0 Å². The maximum Gasteiger partial charge on any atom is 0.0268 e. The van der Waals surface area contributed by atoms with Gasteiger partial charge in [-0.05, 0) is 35.2 Å². The lowest BCUT2D eigenvalue weighted by Crippen LogP contribution is -2.23. The van der Waals surface area contributed by atoms with Gasteiger partial charge in [0.15, 0.2) is 0 Å². The van der Waals surface area contributed by atoms with Crippen LogP contribution in [0.2, 0.25) is 0 Å². The molecule has 1 nitrogen and oxygen atoms in total. The summed E-state index contributed by atoms with van der Waals surface area (Å²) in [6.45, 7) is 2.08. The molecule has 1 aromatic carbocycles. The maximum atomic E-state index is 5.43. The molecule has 0 unspecified atom stereocenters. The van der Waals surface area contributed by atoms with Gasteiger partial charge in [0, 0.05) is 17.8 Å². The number of allylic oxidation sites excluding steroid dienone is 4. The summed E-state index contributed by atoms with van der Waals surface area (Å²) >= 11 is 5.43. The van der Waals surface area contributed by atoms with Gasteiger partial charge in [-0.3, -0.25) is 0 Å². The second-order valence-corrected chi connectivity index (χ2v) is 5.04. The zero-order valence-electron chi connectivity index (χ0n) is 9.70. The topological polar surface area (TPSA) is 12.0 Å². The molecule has 2 aliphatic rings. The second-order valence-electron chi connectivity index (χ2n) is 4.55. The molecule has 0 saturated carbocycles. The van der Waals surface area contributed by atoms with Gasteiger partial charge >= 0.3 is 0 Å². The van der Waals surface area contributed by atoms with E-state index in [0.29, 0.717) is 0 Å². The molecule has 17 heavy (non-hydrogen) atoms. The van der Waals surface area contributed by atoms with Gasteiger partial charge < -0.3 is 5.32 Å². The van der Waals surface area contributed by atoms with Crippen LogP contribution in [-0.4, -0.2) is 11.4 Å². The van der Waals surface area contributed by atoms with Crippen molar-refractivity contribution in [2.24, 2.45) is 0 Å². The van der Waals surface area contributed by atoms with Crippen LogP contribution in [0.4, 0.5) is 0 Å². The summed E-state index contributed by atoms with van der Waals surface area (Å²) < 4.78 is 0. The largest absolute Gasteiger partial charge is 0.312 e. The van der Waals surface area contributed by atoms with Crippen LogP contribution < -0.4 is 5.32 Å². The van der Waals surface area contributed by atoms with Gasteiger partial charge in [0.2, 0.25) is 0 Å². The fraction of sp³-hybridized carbons (Fsp3) is 0.267. The fourth-order valence-corrected chi connectivity index (χ4v) is 2.73. The average Bonchev–Trinajstić information content (AvgIpc) is 2.39. The van der Waals surface area contributed by atoms with Crippen molar-refractivity contribution >= 4 is 22.7 Å². The lowest BCUT2D eigenvalue weighted by atomic mass is 9.92. The van der Waals surface area contributed by atoms with E-state index in [2.05, 4.69) is 41.7 Å². The molecule has 86 valence electrons. The first-order valence-corrected chi connectivity index (χ1v) is 6.48. The molecular formula is C15H15NS. The second kappa shape index (κ2) is 4.55. The van der Waals surface area contributed by atoms with Crippen LogP contribution in [0.25, 0.3) is 5.57 Å². The monoisotopic (exact) mass is 241 g/mol. The van der Waals surface area contributed by atoms with E-state index >= 15 is 0 Å². The molecule has 1 heterocycles. The van der Waals surface area contributed by atoms with Gasteiger partial charge in [0.25, 0.3) is 0 Å². The number of rotatable bonds is 1. The third-order valence-electron chi connectivity index (χ3n) is 3.41. The molecular weight excluding hydrogens is 226 g/mol. The van der Waals surface area contributed by atoms with Gasteiger partial charge in [-0.1, -0.05) is 48.6 Å². The Morgan fingerprint density at radius 3 is 3.00 bits per heavy atom. The van der Waals surface area contributed by atoms with E-state index in [0.717, 1.165) is 30.8 Å². The standard InChI is InChI=1S/C15H15NS/c17-15-4-2-1-3-14(15)12-5-6-13-10-16-8-7-11(13)9-12/h1-3,5-6,9,16H,4,7-8,10H2. The van der Waals surface area contributed by atoms with Crippen LogP contribution in [0.1, 0.15) is 23.1 Å². The summed E-state index contributed by atoms with van der Waals surface area (Å²) in [6, 6.07) is 6.75. The fourth-order valence-electron chi connectivity index (χ4n) is 2.44. The predicted octanol–water partition coefficient (Wildman–Crippen LogP) is 3.05. The van der Waals surface area contributed by atoms with Crippen LogP contribution >= 0.6 is 12.2 Å². The van der Waals surface area contributed by atoms with Crippen molar-refractivity contribution in [2.75, 3.05) is 6.54 Å². The molecule has 1 aromatic rings. The van der Waals surface area contributed by atoms with Crippen molar-refractivity contribution in [1.82, 2.24) is 5.32 Å². The predicted molar refractivity (Wildman–Crippen MR) is 76.2 cm³/mol. The van der Waals surface area contributed by atoms with Crippen LogP contribution in [0.15, 0.2) is 36.4 Å². The molecule has 0 saturated heterocycles. The minimum Gasteiger partial charge on any atom is -0.312 e. The number of hydrogen-bond acceptors (Lipinski definition) is 2. The Bertz CT molecular complexity index is 526. The molecule has 0 bridgehead atoms. The lowest BCUT2D eigenvalue weighted by Gasteiger charge is -2.19. The van der Waals surface area contributed by atoms with Crippen LogP contribution in [0.3, 0.4) is 0 Å². The lowest BCUT2D eigenvalue weighted by molar-refractivity contribution is 0.643. The summed E-state index contributed by atoms with van der Waals surface area (Å²) in [4.78, 5) is 1.06. The Morgan fingerprint density at radius 2 is 2.12 bits per heavy atom. The molecule has 2 heteroatoms. The summed E-state index contributed by atoms with van der Waals surface area (Å²) in [7, 11) is 0. The number of hydrogen-bond donors (Lipinski definition) is 1. The van der Waals surface area contributed by atoms with Crippen molar-refractivity contribution < 1.29 is 0 Å². The molecule has 1 aliphatic heterocycles. The van der Waals surface area contributed by atoms with Crippen molar-refractivity contribution in [3.05, 3.63) is 53.1 Å². The molecule has 0 radical (unpaired) electrons. The first kappa shape index (κ1) is 10.9. The van der Waals surface area contributed by atoms with Gasteiger partial charge in [-0.25, -0.2) is 0 Å². The minimum atomic E-state index is 0.903. The minimum absolute atomic E-state index is 0.903. The summed E-state index contributed by atoms with van der Waals surface area (Å²) in [5.74, 6) is 0. The number of nitrogens with one attached hydrogen (secondary N) is 1. The highest BCUT2D eigenvalue weighted by Gasteiger charge is 2.13. The Kier molecular flexibility index (Phi) is 2.91. The van der Waals surface area contributed by atoms with E-state index in [4.69, 9.17) is 12.2 Å². The molecule has 1 aliphatic carbocycles. The normalized spacial score (nSPS) is 18.8. The van der Waals surface area contributed by atoms with E-state index in [9.17, 15) is 0 Å². The molecule has 3 rings (SSSR count). The zero-order valence-corrected chi connectivity index (χ0v) is 10.5. The van der Waals surface area contributed by atoms with Crippen molar-refractivity contribution in [2.45, 2.75) is 19.4 Å². The highest BCUT2D eigenvalue weighted by Crippen LogP contribution is 2.25. The SMILES string of the molecule is S=C1CC=CC=C1c1ccc2c(c1)CCNC2. The van der Waals surface area contributed by atoms with Gasteiger partial charge in [0.05, 0.1) is 0 Å². The van der Waals surface area contributed by atoms with Crippen LogP contribution in [0, 0.1) is 0 Å². The molecule has 0 spiro atoms. The van der Waals surface area contributed by atoms with Crippen molar-refractivity contribution in [3.63, 3.8) is 0 Å². The molecule has 0 amide bonds. The Morgan fingerprint density at radius 1 is 1.18 bits per heavy atom. The summed E-state index contributed by atoms with van der Waals surface area (Å²) in [5.41, 5.74) is 5.40.